The molecule has 0 aliphatic heterocycles. The van der Waals surface area contributed by atoms with Gasteiger partial charge in [-0.15, -0.1) is 0 Å². The minimum absolute atomic E-state index is 0.194. The van der Waals surface area contributed by atoms with Crippen LogP contribution in [0.25, 0.3) is 22.3 Å². The van der Waals surface area contributed by atoms with Crippen LogP contribution in [0.15, 0.2) is 36.4 Å². The number of fused-ring (bicyclic) bond motifs is 1. The Labute approximate surface area is 125 Å². The fourth-order valence-electron chi connectivity index (χ4n) is 2.00. The van der Waals surface area contributed by atoms with Gasteiger partial charge in [-0.05, 0) is 36.8 Å². The second kappa shape index (κ2) is 5.00. The van der Waals surface area contributed by atoms with Crippen molar-refractivity contribution in [2.45, 2.75) is 6.92 Å². The molecule has 0 bridgehead atoms. The lowest BCUT2D eigenvalue weighted by atomic mass is 10.1. The summed E-state index contributed by atoms with van der Waals surface area (Å²) in [5, 5.41) is 1.21. The average molecular weight is 307 g/mol. The summed E-state index contributed by atoms with van der Waals surface area (Å²) in [6.07, 6.45) is 0. The van der Waals surface area contributed by atoms with Gasteiger partial charge in [-0.1, -0.05) is 35.3 Å². The molecule has 20 heavy (non-hydrogen) atoms. The summed E-state index contributed by atoms with van der Waals surface area (Å²) in [6.45, 7) is 1.93. The Morgan fingerprint density at radius 2 is 1.85 bits per heavy atom. The van der Waals surface area contributed by atoms with E-state index in [1.54, 1.807) is 24.3 Å². The third-order valence-corrected chi connectivity index (χ3v) is 3.60. The minimum atomic E-state index is -0.434. The summed E-state index contributed by atoms with van der Waals surface area (Å²) in [6, 6.07) is 10.1. The third-order valence-electron chi connectivity index (χ3n) is 3.00. The standard InChI is InChI=1S/C15H9Cl2FN2/c1-8-5-6-9(11(16)7-8)15-19-13-10(14(17)20-15)3-2-4-12(13)18/h2-7H,1H3. The van der Waals surface area contributed by atoms with Crippen molar-refractivity contribution in [2.75, 3.05) is 0 Å². The number of para-hydroxylation sites is 1. The van der Waals surface area contributed by atoms with Crippen molar-refractivity contribution in [3.8, 4) is 11.4 Å². The summed E-state index contributed by atoms with van der Waals surface area (Å²) >= 11 is 12.3. The van der Waals surface area contributed by atoms with Gasteiger partial charge in [0, 0.05) is 10.9 Å². The quantitative estimate of drug-likeness (QED) is 0.588. The monoisotopic (exact) mass is 306 g/mol. The van der Waals surface area contributed by atoms with E-state index in [1.807, 2.05) is 13.0 Å². The van der Waals surface area contributed by atoms with E-state index in [1.165, 1.54) is 6.07 Å². The molecular formula is C15H9Cl2FN2. The molecule has 2 nitrogen and oxygen atoms in total. The number of aromatic nitrogens is 2. The molecule has 0 N–H and O–H groups in total. The van der Waals surface area contributed by atoms with E-state index in [0.717, 1.165) is 5.56 Å². The van der Waals surface area contributed by atoms with Gasteiger partial charge in [0.15, 0.2) is 5.82 Å². The molecular weight excluding hydrogens is 298 g/mol. The van der Waals surface area contributed by atoms with E-state index in [9.17, 15) is 4.39 Å². The van der Waals surface area contributed by atoms with Crippen LogP contribution in [0.5, 0.6) is 0 Å². The van der Waals surface area contributed by atoms with Gasteiger partial charge in [-0.3, -0.25) is 0 Å². The second-order valence-electron chi connectivity index (χ2n) is 4.46. The zero-order chi connectivity index (χ0) is 14.3. The van der Waals surface area contributed by atoms with Crippen molar-refractivity contribution < 1.29 is 4.39 Å². The maximum Gasteiger partial charge on any atom is 0.163 e. The van der Waals surface area contributed by atoms with E-state index in [2.05, 4.69) is 9.97 Å². The Morgan fingerprint density at radius 3 is 2.60 bits per heavy atom. The van der Waals surface area contributed by atoms with Crippen molar-refractivity contribution in [3.63, 3.8) is 0 Å². The van der Waals surface area contributed by atoms with Crippen LogP contribution >= 0.6 is 23.2 Å². The molecule has 0 radical (unpaired) electrons. The molecule has 5 heteroatoms. The molecule has 1 heterocycles. The normalized spacial score (nSPS) is 11.0. The van der Waals surface area contributed by atoms with Crippen molar-refractivity contribution in [2.24, 2.45) is 0 Å². The number of halogens is 3. The van der Waals surface area contributed by atoms with Crippen molar-refractivity contribution in [3.05, 3.63) is 58.0 Å². The minimum Gasteiger partial charge on any atom is -0.225 e. The second-order valence-corrected chi connectivity index (χ2v) is 5.22. The fourth-order valence-corrected chi connectivity index (χ4v) is 2.55. The molecule has 0 atom stereocenters. The molecule has 0 aliphatic carbocycles. The topological polar surface area (TPSA) is 25.8 Å². The third kappa shape index (κ3) is 2.23. The maximum atomic E-state index is 13.8. The van der Waals surface area contributed by atoms with Gasteiger partial charge in [0.2, 0.25) is 0 Å². The van der Waals surface area contributed by atoms with Gasteiger partial charge in [-0.25, -0.2) is 14.4 Å². The van der Waals surface area contributed by atoms with E-state index in [-0.39, 0.29) is 10.7 Å². The van der Waals surface area contributed by atoms with Crippen LogP contribution in [0.1, 0.15) is 5.56 Å². The summed E-state index contributed by atoms with van der Waals surface area (Å²) < 4.78 is 13.8. The molecule has 100 valence electrons. The number of aryl methyl sites for hydroxylation is 1. The highest BCUT2D eigenvalue weighted by atomic mass is 35.5. The summed E-state index contributed by atoms with van der Waals surface area (Å²) in [5.74, 6) is -0.117. The molecule has 2 aromatic carbocycles. The molecule has 0 unspecified atom stereocenters. The first-order chi connectivity index (χ1) is 9.56. The van der Waals surface area contributed by atoms with Gasteiger partial charge in [-0.2, -0.15) is 0 Å². The number of nitrogens with zero attached hydrogens (tertiary/aromatic N) is 2. The zero-order valence-electron chi connectivity index (χ0n) is 10.5. The molecule has 0 fully saturated rings. The van der Waals surface area contributed by atoms with Gasteiger partial charge in [0.05, 0.1) is 5.02 Å². The average Bonchev–Trinajstić information content (AvgIpc) is 2.40. The predicted octanol–water partition coefficient (Wildman–Crippen LogP) is 5.05. The fraction of sp³-hybridized carbons (Fsp3) is 0.0667. The lowest BCUT2D eigenvalue weighted by Crippen LogP contribution is -1.94. The first kappa shape index (κ1) is 13.3. The number of hydrogen-bond acceptors (Lipinski definition) is 2. The number of benzene rings is 2. The van der Waals surface area contributed by atoms with Crippen LogP contribution in [-0.4, -0.2) is 9.97 Å². The van der Waals surface area contributed by atoms with Crippen molar-refractivity contribution in [1.82, 2.24) is 9.97 Å². The molecule has 0 amide bonds. The summed E-state index contributed by atoms with van der Waals surface area (Å²) in [5.41, 5.74) is 1.85. The smallest absolute Gasteiger partial charge is 0.163 e. The van der Waals surface area contributed by atoms with E-state index in [0.29, 0.717) is 21.8 Å². The highest BCUT2D eigenvalue weighted by molar-refractivity contribution is 6.35. The molecule has 1 aromatic heterocycles. The Balaban J connectivity index is 2.29. The lowest BCUT2D eigenvalue weighted by molar-refractivity contribution is 0.636. The maximum absolute atomic E-state index is 13.8. The Morgan fingerprint density at radius 1 is 1.05 bits per heavy atom. The first-order valence-corrected chi connectivity index (χ1v) is 6.70. The first-order valence-electron chi connectivity index (χ1n) is 5.94. The van der Waals surface area contributed by atoms with Crippen molar-refractivity contribution in [1.29, 1.82) is 0 Å². The lowest BCUT2D eigenvalue weighted by Gasteiger charge is -2.07. The van der Waals surface area contributed by atoms with Gasteiger partial charge >= 0.3 is 0 Å². The Kier molecular flexibility index (Phi) is 3.32. The Bertz CT molecular complexity index is 818. The van der Waals surface area contributed by atoms with E-state index in [4.69, 9.17) is 23.2 Å². The van der Waals surface area contributed by atoms with Crippen LogP contribution in [0.2, 0.25) is 10.2 Å². The Hall–Kier alpha value is -1.71. The highest BCUT2D eigenvalue weighted by Gasteiger charge is 2.13. The molecule has 0 spiro atoms. The van der Waals surface area contributed by atoms with Crippen LogP contribution in [-0.2, 0) is 0 Å². The molecule has 0 saturated carbocycles. The largest absolute Gasteiger partial charge is 0.225 e. The number of rotatable bonds is 1. The SMILES string of the molecule is Cc1ccc(-c2nc(Cl)c3cccc(F)c3n2)c(Cl)c1. The van der Waals surface area contributed by atoms with Gasteiger partial charge < -0.3 is 0 Å². The van der Waals surface area contributed by atoms with Crippen LogP contribution < -0.4 is 0 Å². The van der Waals surface area contributed by atoms with Crippen LogP contribution in [0, 0.1) is 12.7 Å². The van der Waals surface area contributed by atoms with Crippen molar-refractivity contribution >= 4 is 34.1 Å². The predicted molar refractivity (Wildman–Crippen MR) is 79.7 cm³/mol. The highest BCUT2D eigenvalue weighted by Crippen LogP contribution is 2.30. The number of hydrogen-bond donors (Lipinski definition) is 0. The zero-order valence-corrected chi connectivity index (χ0v) is 12.0. The summed E-state index contributed by atoms with van der Waals surface area (Å²) in [7, 11) is 0. The van der Waals surface area contributed by atoms with Crippen LogP contribution in [0.4, 0.5) is 4.39 Å². The molecule has 0 aliphatic rings. The van der Waals surface area contributed by atoms with Gasteiger partial charge in [0.25, 0.3) is 0 Å². The molecule has 0 saturated heterocycles. The van der Waals surface area contributed by atoms with E-state index >= 15 is 0 Å². The molecule has 3 aromatic rings. The summed E-state index contributed by atoms with van der Waals surface area (Å²) in [4.78, 5) is 8.45. The van der Waals surface area contributed by atoms with Gasteiger partial charge in [0.1, 0.15) is 16.5 Å². The molecule has 3 rings (SSSR count). The van der Waals surface area contributed by atoms with E-state index < -0.39 is 5.82 Å². The van der Waals surface area contributed by atoms with Crippen LogP contribution in [0.3, 0.4) is 0 Å².